The summed E-state index contributed by atoms with van der Waals surface area (Å²) in [5.74, 6) is 0.124. The van der Waals surface area contributed by atoms with Crippen molar-refractivity contribution in [1.29, 1.82) is 0 Å². The summed E-state index contributed by atoms with van der Waals surface area (Å²) in [5.41, 5.74) is 2.78. The number of benzene rings is 2. The molecule has 170 valence electrons. The molecule has 5 rings (SSSR count). The molecule has 1 N–H and O–H groups in total. The number of nitrogens with one attached hydrogen (secondary N) is 1. The van der Waals surface area contributed by atoms with Gasteiger partial charge in [0.2, 0.25) is 15.9 Å². The first-order valence-corrected chi connectivity index (χ1v) is 13.6. The van der Waals surface area contributed by atoms with Gasteiger partial charge in [-0.2, -0.15) is 0 Å². The van der Waals surface area contributed by atoms with Crippen LogP contribution in [0.4, 0.5) is 5.69 Å². The lowest BCUT2D eigenvalue weighted by Gasteiger charge is -2.32. The number of hydrogen-bond acceptors (Lipinski definition) is 4. The molecule has 0 aromatic heterocycles. The van der Waals surface area contributed by atoms with Crippen LogP contribution >= 0.6 is 15.9 Å². The van der Waals surface area contributed by atoms with E-state index in [9.17, 15) is 13.2 Å². The molecule has 0 radical (unpaired) electrons. The number of anilines is 1. The molecule has 0 unspecified atom stereocenters. The van der Waals surface area contributed by atoms with Crippen molar-refractivity contribution in [3.05, 3.63) is 58.1 Å². The Bertz CT molecular complexity index is 1110. The van der Waals surface area contributed by atoms with Crippen molar-refractivity contribution in [3.63, 3.8) is 0 Å². The van der Waals surface area contributed by atoms with Crippen molar-refractivity contribution in [3.8, 4) is 0 Å². The molecule has 2 fully saturated rings. The Labute approximate surface area is 198 Å². The number of halogens is 1. The monoisotopic (exact) mass is 517 g/mol. The van der Waals surface area contributed by atoms with Gasteiger partial charge in [0.25, 0.3) is 0 Å². The quantitative estimate of drug-likeness (QED) is 0.634. The van der Waals surface area contributed by atoms with E-state index in [1.807, 2.05) is 24.3 Å². The lowest BCUT2D eigenvalue weighted by Crippen LogP contribution is -2.44. The minimum atomic E-state index is -3.75. The zero-order chi connectivity index (χ0) is 22.3. The van der Waals surface area contributed by atoms with E-state index in [1.165, 1.54) is 5.56 Å². The molecule has 1 saturated heterocycles. The van der Waals surface area contributed by atoms with Crippen molar-refractivity contribution in [2.45, 2.75) is 49.6 Å². The number of rotatable bonds is 6. The summed E-state index contributed by atoms with van der Waals surface area (Å²) in [5, 5.41) is 0. The van der Waals surface area contributed by atoms with Gasteiger partial charge >= 0.3 is 0 Å². The second-order valence-corrected chi connectivity index (χ2v) is 11.7. The molecule has 1 aliphatic carbocycles. The smallest absolute Gasteiger partial charge is 0.242 e. The summed E-state index contributed by atoms with van der Waals surface area (Å²) in [7, 11) is -3.75. The van der Waals surface area contributed by atoms with Crippen LogP contribution in [0, 0.1) is 5.92 Å². The van der Waals surface area contributed by atoms with E-state index in [2.05, 4.69) is 37.7 Å². The van der Waals surface area contributed by atoms with Gasteiger partial charge in [0.15, 0.2) is 0 Å². The maximum absolute atomic E-state index is 13.5. The maximum Gasteiger partial charge on any atom is 0.242 e. The third-order valence-electron chi connectivity index (χ3n) is 6.63. The van der Waals surface area contributed by atoms with E-state index in [1.54, 1.807) is 11.0 Å². The summed E-state index contributed by atoms with van der Waals surface area (Å²) in [6.07, 6.45) is 4.04. The second kappa shape index (κ2) is 8.89. The number of carbonyl (C=O) groups excluding carboxylic acids is 1. The third kappa shape index (κ3) is 4.64. The number of fused-ring (bicyclic) bond motifs is 1. The number of amides is 1. The molecule has 0 atom stereocenters. The topological polar surface area (TPSA) is 69.7 Å². The van der Waals surface area contributed by atoms with Gasteiger partial charge in [-0.05, 0) is 55.4 Å². The van der Waals surface area contributed by atoms with Crippen LogP contribution < -0.4 is 9.62 Å². The highest BCUT2D eigenvalue weighted by Crippen LogP contribution is 2.41. The predicted molar refractivity (Wildman–Crippen MR) is 128 cm³/mol. The average Bonchev–Trinajstić information content (AvgIpc) is 3.54. The van der Waals surface area contributed by atoms with Gasteiger partial charge in [-0.25, -0.2) is 13.1 Å². The van der Waals surface area contributed by atoms with Gasteiger partial charge in [-0.15, -0.1) is 0 Å². The van der Waals surface area contributed by atoms with Gasteiger partial charge < -0.3 is 4.90 Å². The zero-order valence-electron chi connectivity index (χ0n) is 18.0. The number of hydrogen-bond donors (Lipinski definition) is 1. The average molecular weight is 518 g/mol. The van der Waals surface area contributed by atoms with E-state index >= 15 is 0 Å². The Balaban J connectivity index is 1.30. The van der Waals surface area contributed by atoms with Gasteiger partial charge in [-0.1, -0.05) is 46.3 Å². The second-order valence-electron chi connectivity index (χ2n) is 9.08. The predicted octanol–water partition coefficient (Wildman–Crippen LogP) is 3.69. The van der Waals surface area contributed by atoms with Crippen LogP contribution in [0.15, 0.2) is 51.8 Å². The van der Waals surface area contributed by atoms with Crippen LogP contribution in [0.3, 0.4) is 0 Å². The Hall–Kier alpha value is -1.74. The highest BCUT2D eigenvalue weighted by Gasteiger charge is 2.39. The summed E-state index contributed by atoms with van der Waals surface area (Å²) in [4.78, 5) is 17.1. The first-order chi connectivity index (χ1) is 15.4. The Kier molecular flexibility index (Phi) is 6.13. The molecule has 2 aliphatic heterocycles. The van der Waals surface area contributed by atoms with Crippen LogP contribution in [0.25, 0.3) is 0 Å². The standard InChI is InChI=1S/C24H28BrN3O3S/c25-20-14-19-8-13-28(24(29)18-6-7-18)23(19)22(15-20)32(30,31)26-21-9-11-27(12-10-21)16-17-4-2-1-3-5-17/h1-5,14-15,18,21,26H,6-13,16H2. The van der Waals surface area contributed by atoms with Crippen LogP contribution in [0.5, 0.6) is 0 Å². The van der Waals surface area contributed by atoms with Gasteiger partial charge in [0, 0.05) is 42.6 Å². The Morgan fingerprint density at radius 3 is 2.44 bits per heavy atom. The zero-order valence-corrected chi connectivity index (χ0v) is 20.4. The SMILES string of the molecule is O=C(C1CC1)N1CCc2cc(Br)cc(S(=O)(=O)NC3CCN(Cc4ccccc4)CC3)c21. The Morgan fingerprint density at radius 2 is 1.75 bits per heavy atom. The molecule has 2 aromatic rings. The van der Waals surface area contributed by atoms with Crippen molar-refractivity contribution in [1.82, 2.24) is 9.62 Å². The third-order valence-corrected chi connectivity index (χ3v) is 8.63. The number of sulfonamides is 1. The van der Waals surface area contributed by atoms with Crippen LogP contribution in [-0.2, 0) is 27.8 Å². The Morgan fingerprint density at radius 1 is 1.03 bits per heavy atom. The van der Waals surface area contributed by atoms with Crippen molar-refractivity contribution in [2.24, 2.45) is 5.92 Å². The molecule has 0 spiro atoms. The summed E-state index contributed by atoms with van der Waals surface area (Å²) >= 11 is 3.47. The first kappa shape index (κ1) is 22.1. The fourth-order valence-corrected chi connectivity index (χ4v) is 7.01. The van der Waals surface area contributed by atoms with Gasteiger partial charge in [0.05, 0.1) is 5.69 Å². The molecule has 32 heavy (non-hydrogen) atoms. The summed E-state index contributed by atoms with van der Waals surface area (Å²) in [6, 6.07) is 13.8. The fourth-order valence-electron chi connectivity index (χ4n) is 4.78. The molecule has 2 heterocycles. The highest BCUT2D eigenvalue weighted by molar-refractivity contribution is 9.10. The molecule has 0 bridgehead atoms. The number of nitrogens with zero attached hydrogens (tertiary/aromatic N) is 2. The molecular formula is C24H28BrN3O3S. The van der Waals surface area contributed by atoms with E-state index in [0.29, 0.717) is 18.7 Å². The molecule has 6 nitrogen and oxygen atoms in total. The van der Waals surface area contributed by atoms with E-state index in [-0.39, 0.29) is 22.8 Å². The molecule has 3 aliphatic rings. The molecule has 1 amide bonds. The fraction of sp³-hybridized carbons (Fsp3) is 0.458. The number of likely N-dealkylation sites (tertiary alicyclic amines) is 1. The molecule has 1 saturated carbocycles. The minimum Gasteiger partial charge on any atom is -0.310 e. The number of piperidine rings is 1. The number of carbonyl (C=O) groups is 1. The lowest BCUT2D eigenvalue weighted by molar-refractivity contribution is -0.119. The molecular weight excluding hydrogens is 490 g/mol. The normalized spacial score (nSPS) is 19.8. The first-order valence-electron chi connectivity index (χ1n) is 11.3. The van der Waals surface area contributed by atoms with Gasteiger partial charge in [-0.3, -0.25) is 9.69 Å². The summed E-state index contributed by atoms with van der Waals surface area (Å²) in [6.45, 7) is 3.15. The highest BCUT2D eigenvalue weighted by atomic mass is 79.9. The maximum atomic E-state index is 13.5. The minimum absolute atomic E-state index is 0.0575. The van der Waals surface area contributed by atoms with Gasteiger partial charge in [0.1, 0.15) is 4.90 Å². The van der Waals surface area contributed by atoms with E-state index < -0.39 is 10.0 Å². The molecule has 2 aromatic carbocycles. The summed E-state index contributed by atoms with van der Waals surface area (Å²) < 4.78 is 30.6. The van der Waals surface area contributed by atoms with Crippen LogP contribution in [0.2, 0.25) is 0 Å². The van der Waals surface area contributed by atoms with Crippen molar-refractivity contribution >= 4 is 37.5 Å². The van der Waals surface area contributed by atoms with E-state index in [4.69, 9.17) is 0 Å². The van der Waals surface area contributed by atoms with Crippen LogP contribution in [0.1, 0.15) is 36.8 Å². The lowest BCUT2D eigenvalue weighted by atomic mass is 10.1. The van der Waals surface area contributed by atoms with Crippen molar-refractivity contribution < 1.29 is 13.2 Å². The van der Waals surface area contributed by atoms with Crippen LogP contribution in [-0.4, -0.2) is 44.9 Å². The largest absolute Gasteiger partial charge is 0.310 e. The molecule has 8 heteroatoms. The van der Waals surface area contributed by atoms with E-state index in [0.717, 1.165) is 55.4 Å². The van der Waals surface area contributed by atoms with Crippen molar-refractivity contribution in [2.75, 3.05) is 24.5 Å².